The van der Waals surface area contributed by atoms with Gasteiger partial charge in [0, 0.05) is 47.2 Å². The Balaban J connectivity index is 1.13. The van der Waals surface area contributed by atoms with Crippen molar-refractivity contribution in [1.82, 2.24) is 0 Å². The summed E-state index contributed by atoms with van der Waals surface area (Å²) in [6.07, 6.45) is 3.62. The molecule has 0 atom stereocenters. The van der Waals surface area contributed by atoms with Gasteiger partial charge in [-0.2, -0.15) is 0 Å². The molecule has 0 saturated heterocycles. The van der Waals surface area contributed by atoms with Crippen LogP contribution in [0.2, 0.25) is 0 Å². The maximum Gasteiger partial charge on any atom is 0.330 e. The van der Waals surface area contributed by atoms with Crippen LogP contribution in [0, 0.1) is 30.6 Å². The molecule has 0 heterocycles. The molecule has 0 aromatic heterocycles. The average Bonchev–Trinajstić information content (AvgIpc) is 3.13. The standard InChI is InChI=1S/C44H36O5/c1-4-43(45)47-26-24-35-10-6-33(7-11-35)14-16-37-20-23-42(32(3)28-37)49-31-39-19-22-40-29-38(18-21-41(40)30-39)17-15-34-8-12-36(13-9-34)25-27-48-44(46)5-2/h4-13,18-23,28-30H,1-2,24-27,31H2,3H3. The summed E-state index contributed by atoms with van der Waals surface area (Å²) in [6.45, 7) is 9.92. The molecule has 0 spiro atoms. The molecule has 0 saturated carbocycles. The van der Waals surface area contributed by atoms with Crippen LogP contribution < -0.4 is 4.74 Å². The minimum absolute atomic E-state index is 0.320. The Labute approximate surface area is 287 Å². The largest absolute Gasteiger partial charge is 0.489 e. The van der Waals surface area contributed by atoms with Crippen molar-refractivity contribution in [2.45, 2.75) is 26.4 Å². The number of fused-ring (bicyclic) bond motifs is 1. The number of benzene rings is 5. The summed E-state index contributed by atoms with van der Waals surface area (Å²) in [5.41, 5.74) is 7.93. The van der Waals surface area contributed by atoms with Crippen molar-refractivity contribution in [2.24, 2.45) is 0 Å². The zero-order valence-electron chi connectivity index (χ0n) is 27.5. The Hall–Kier alpha value is -6.30. The molecule has 242 valence electrons. The van der Waals surface area contributed by atoms with E-state index in [2.05, 4.69) is 67.2 Å². The molecule has 0 bridgehead atoms. The van der Waals surface area contributed by atoms with Crippen LogP contribution in [0.4, 0.5) is 0 Å². The SMILES string of the molecule is C=CC(=O)OCCc1ccc(C#Cc2ccc(OCc3ccc4cc(C#Cc5ccc(CCOC(=O)C=C)cc5)ccc4c3)c(C)c2)cc1. The predicted octanol–water partition coefficient (Wildman–Crippen LogP) is 8.07. The quantitative estimate of drug-likeness (QED) is 0.0827. The molecule has 0 N–H and O–H groups in total. The Morgan fingerprint density at radius 3 is 1.57 bits per heavy atom. The van der Waals surface area contributed by atoms with Gasteiger partial charge in [-0.1, -0.05) is 79.3 Å². The van der Waals surface area contributed by atoms with Gasteiger partial charge in [0.15, 0.2) is 0 Å². The second kappa shape index (κ2) is 17.0. The van der Waals surface area contributed by atoms with Gasteiger partial charge in [0.05, 0.1) is 13.2 Å². The first kappa shape index (κ1) is 34.0. The van der Waals surface area contributed by atoms with E-state index in [1.54, 1.807) is 0 Å². The van der Waals surface area contributed by atoms with Gasteiger partial charge >= 0.3 is 11.9 Å². The summed E-state index contributed by atoms with van der Waals surface area (Å²) in [6, 6.07) is 34.4. The number of aryl methyl sites for hydroxylation is 1. The maximum absolute atomic E-state index is 11.2. The third-order valence-electron chi connectivity index (χ3n) is 7.69. The molecule has 5 heteroatoms. The fraction of sp³-hybridized carbons (Fsp3) is 0.136. The summed E-state index contributed by atoms with van der Waals surface area (Å²) < 4.78 is 16.3. The summed E-state index contributed by atoms with van der Waals surface area (Å²) in [7, 11) is 0. The fourth-order valence-electron chi connectivity index (χ4n) is 4.97. The molecule has 49 heavy (non-hydrogen) atoms. The highest BCUT2D eigenvalue weighted by molar-refractivity contribution is 5.84. The monoisotopic (exact) mass is 644 g/mol. The van der Waals surface area contributed by atoms with Crippen LogP contribution in [0.3, 0.4) is 0 Å². The van der Waals surface area contributed by atoms with Gasteiger partial charge < -0.3 is 14.2 Å². The van der Waals surface area contributed by atoms with Gasteiger partial charge in [0.25, 0.3) is 0 Å². The van der Waals surface area contributed by atoms with E-state index >= 15 is 0 Å². The van der Waals surface area contributed by atoms with Gasteiger partial charge in [0.1, 0.15) is 12.4 Å². The van der Waals surface area contributed by atoms with E-state index in [0.29, 0.717) is 32.7 Å². The number of rotatable bonds is 11. The molecule has 5 rings (SSSR count). The Morgan fingerprint density at radius 2 is 1.02 bits per heavy atom. The smallest absolute Gasteiger partial charge is 0.330 e. The highest BCUT2D eigenvalue weighted by Crippen LogP contribution is 2.23. The number of carbonyl (C=O) groups is 2. The molecule has 0 aliphatic carbocycles. The van der Waals surface area contributed by atoms with E-state index in [4.69, 9.17) is 14.2 Å². The van der Waals surface area contributed by atoms with Crippen LogP contribution in [0.25, 0.3) is 10.8 Å². The van der Waals surface area contributed by atoms with Crippen molar-refractivity contribution in [3.05, 3.63) is 173 Å². The second-order valence-electron chi connectivity index (χ2n) is 11.3. The number of hydrogen-bond donors (Lipinski definition) is 0. The number of hydrogen-bond acceptors (Lipinski definition) is 5. The summed E-state index contributed by atoms with van der Waals surface area (Å²) in [5.74, 6) is 12.9. The highest BCUT2D eigenvalue weighted by atomic mass is 16.5. The summed E-state index contributed by atoms with van der Waals surface area (Å²) >= 11 is 0. The van der Waals surface area contributed by atoms with E-state index in [1.807, 2.05) is 79.7 Å². The molecule has 0 radical (unpaired) electrons. The van der Waals surface area contributed by atoms with E-state index in [9.17, 15) is 9.59 Å². The van der Waals surface area contributed by atoms with Crippen molar-refractivity contribution < 1.29 is 23.8 Å². The third kappa shape index (κ3) is 10.3. The first-order valence-electron chi connectivity index (χ1n) is 15.9. The van der Waals surface area contributed by atoms with Crippen LogP contribution >= 0.6 is 0 Å². The van der Waals surface area contributed by atoms with E-state index < -0.39 is 11.9 Å². The van der Waals surface area contributed by atoms with Gasteiger partial charge in [-0.3, -0.25) is 0 Å². The molecule has 5 aromatic carbocycles. The van der Waals surface area contributed by atoms with Gasteiger partial charge in [-0.25, -0.2) is 9.59 Å². The first-order chi connectivity index (χ1) is 23.9. The van der Waals surface area contributed by atoms with E-state index in [1.165, 1.54) is 12.2 Å². The van der Waals surface area contributed by atoms with Gasteiger partial charge in [-0.05, 0) is 101 Å². The topological polar surface area (TPSA) is 61.8 Å². The Kier molecular flexibility index (Phi) is 11.8. The lowest BCUT2D eigenvalue weighted by Crippen LogP contribution is -2.04. The average molecular weight is 645 g/mol. The number of carbonyl (C=O) groups excluding carboxylic acids is 2. The van der Waals surface area contributed by atoms with Crippen LogP contribution in [-0.2, 0) is 38.5 Å². The van der Waals surface area contributed by atoms with E-state index in [0.717, 1.165) is 61.0 Å². The lowest BCUT2D eigenvalue weighted by atomic mass is 10.0. The van der Waals surface area contributed by atoms with Gasteiger partial charge in [-0.15, -0.1) is 0 Å². The molecule has 0 amide bonds. The molecular formula is C44H36O5. The molecule has 5 nitrogen and oxygen atoms in total. The Morgan fingerprint density at radius 1 is 0.571 bits per heavy atom. The minimum Gasteiger partial charge on any atom is -0.489 e. The second-order valence-corrected chi connectivity index (χ2v) is 11.3. The minimum atomic E-state index is -0.412. The van der Waals surface area contributed by atoms with Crippen molar-refractivity contribution in [3.8, 4) is 29.4 Å². The first-order valence-corrected chi connectivity index (χ1v) is 15.9. The van der Waals surface area contributed by atoms with E-state index in [-0.39, 0.29) is 0 Å². The molecule has 0 aliphatic heterocycles. The molecule has 5 aromatic rings. The summed E-state index contributed by atoms with van der Waals surface area (Å²) in [5, 5.41) is 2.24. The molecule has 0 fully saturated rings. The lowest BCUT2D eigenvalue weighted by molar-refractivity contribution is -0.138. The number of ether oxygens (including phenoxy) is 3. The zero-order valence-corrected chi connectivity index (χ0v) is 27.5. The van der Waals surface area contributed by atoms with Crippen molar-refractivity contribution in [3.63, 3.8) is 0 Å². The van der Waals surface area contributed by atoms with Crippen LogP contribution in [-0.4, -0.2) is 25.2 Å². The lowest BCUT2D eigenvalue weighted by Gasteiger charge is -2.10. The molecule has 0 aliphatic rings. The third-order valence-corrected chi connectivity index (χ3v) is 7.69. The zero-order chi connectivity index (χ0) is 34.4. The molecule has 0 unspecified atom stereocenters. The summed E-state index contributed by atoms with van der Waals surface area (Å²) in [4.78, 5) is 22.4. The number of esters is 2. The van der Waals surface area contributed by atoms with Crippen LogP contribution in [0.15, 0.2) is 128 Å². The normalized spacial score (nSPS) is 10.1. The van der Waals surface area contributed by atoms with Crippen molar-refractivity contribution in [1.29, 1.82) is 0 Å². The predicted molar refractivity (Wildman–Crippen MR) is 194 cm³/mol. The van der Waals surface area contributed by atoms with Crippen molar-refractivity contribution in [2.75, 3.05) is 13.2 Å². The highest BCUT2D eigenvalue weighted by Gasteiger charge is 2.04. The molecular weight excluding hydrogens is 608 g/mol. The maximum atomic E-state index is 11.2. The Bertz CT molecular complexity index is 2100. The fourth-order valence-corrected chi connectivity index (χ4v) is 4.97. The van der Waals surface area contributed by atoms with Crippen LogP contribution in [0.1, 0.15) is 44.5 Å². The van der Waals surface area contributed by atoms with Gasteiger partial charge in [0.2, 0.25) is 0 Å². The van der Waals surface area contributed by atoms with Crippen LogP contribution in [0.5, 0.6) is 5.75 Å². The van der Waals surface area contributed by atoms with Crippen molar-refractivity contribution >= 4 is 22.7 Å².